The average molecular weight is 285 g/mol. The third-order valence-electron chi connectivity index (χ3n) is 2.99. The van der Waals surface area contributed by atoms with Crippen LogP contribution in [0.1, 0.15) is 22.8 Å². The number of hydrogen-bond donors (Lipinski definition) is 3. The van der Waals surface area contributed by atoms with Crippen LogP contribution < -0.4 is 10.6 Å². The Labute approximate surface area is 124 Å². The van der Waals surface area contributed by atoms with Crippen LogP contribution in [0.4, 0.5) is 11.5 Å². The van der Waals surface area contributed by atoms with Crippen molar-refractivity contribution in [2.24, 2.45) is 0 Å². The van der Waals surface area contributed by atoms with Gasteiger partial charge in [0, 0.05) is 12.1 Å². The van der Waals surface area contributed by atoms with Gasteiger partial charge in [-0.05, 0) is 37.6 Å². The summed E-state index contributed by atoms with van der Waals surface area (Å²) in [7, 11) is 0. The Morgan fingerprint density at radius 1 is 1.29 bits per heavy atom. The number of amides is 1. The first-order valence-corrected chi connectivity index (χ1v) is 6.81. The van der Waals surface area contributed by atoms with Crippen molar-refractivity contribution >= 4 is 17.4 Å². The third kappa shape index (κ3) is 4.29. The fourth-order valence-corrected chi connectivity index (χ4v) is 1.85. The number of carbonyl (C=O) groups is 1. The summed E-state index contributed by atoms with van der Waals surface area (Å²) in [5.41, 5.74) is 2.21. The maximum atomic E-state index is 12.1. The van der Waals surface area contributed by atoms with E-state index < -0.39 is 6.10 Å². The highest BCUT2D eigenvalue weighted by molar-refractivity contribution is 6.05. The molecule has 0 aliphatic rings. The highest BCUT2D eigenvalue weighted by Gasteiger charge is 2.08. The minimum absolute atomic E-state index is 0.153. The molecular weight excluding hydrogens is 266 g/mol. The number of nitrogens with one attached hydrogen (secondary N) is 2. The van der Waals surface area contributed by atoms with Gasteiger partial charge in [-0.1, -0.05) is 18.2 Å². The van der Waals surface area contributed by atoms with Crippen LogP contribution in [-0.4, -0.2) is 28.6 Å². The summed E-state index contributed by atoms with van der Waals surface area (Å²) >= 11 is 0. The van der Waals surface area contributed by atoms with Gasteiger partial charge in [0.1, 0.15) is 5.82 Å². The molecular formula is C16H19N3O2. The van der Waals surface area contributed by atoms with Crippen LogP contribution in [0.5, 0.6) is 0 Å². The molecule has 0 fully saturated rings. The number of hydrogen-bond acceptors (Lipinski definition) is 4. The second kappa shape index (κ2) is 6.85. The van der Waals surface area contributed by atoms with Crippen molar-refractivity contribution in [1.29, 1.82) is 0 Å². The summed E-state index contributed by atoms with van der Waals surface area (Å²) in [6.45, 7) is 4.03. The molecule has 1 aromatic heterocycles. The molecule has 5 heteroatoms. The standard InChI is InChI=1S/C16H19N3O2/c1-11-5-3-4-6-14(11)16(21)19-13-7-8-15(18-10-13)17-9-12(2)20/h3-8,10,12,20H,9H2,1-2H3,(H,17,18)(H,19,21). The Morgan fingerprint density at radius 2 is 2.05 bits per heavy atom. The zero-order valence-electron chi connectivity index (χ0n) is 12.1. The Morgan fingerprint density at radius 3 is 2.67 bits per heavy atom. The highest BCUT2D eigenvalue weighted by Crippen LogP contribution is 2.13. The van der Waals surface area contributed by atoms with Crippen LogP contribution in [0.15, 0.2) is 42.6 Å². The molecule has 0 saturated heterocycles. The number of nitrogens with zero attached hydrogens (tertiary/aromatic N) is 1. The lowest BCUT2D eigenvalue weighted by atomic mass is 10.1. The van der Waals surface area contributed by atoms with Crippen molar-refractivity contribution < 1.29 is 9.90 Å². The third-order valence-corrected chi connectivity index (χ3v) is 2.99. The lowest BCUT2D eigenvalue weighted by Gasteiger charge is -2.09. The lowest BCUT2D eigenvalue weighted by molar-refractivity contribution is 0.102. The molecule has 2 rings (SSSR count). The SMILES string of the molecule is Cc1ccccc1C(=O)Nc1ccc(NCC(C)O)nc1. The van der Waals surface area contributed by atoms with Gasteiger partial charge in [0.2, 0.25) is 0 Å². The highest BCUT2D eigenvalue weighted by atomic mass is 16.3. The van der Waals surface area contributed by atoms with Gasteiger partial charge in [-0.3, -0.25) is 4.79 Å². The van der Waals surface area contributed by atoms with E-state index in [-0.39, 0.29) is 5.91 Å². The van der Waals surface area contributed by atoms with E-state index in [9.17, 15) is 9.90 Å². The van der Waals surface area contributed by atoms with Crippen molar-refractivity contribution in [3.8, 4) is 0 Å². The Balaban J connectivity index is 2.00. The van der Waals surface area contributed by atoms with Gasteiger partial charge in [-0.2, -0.15) is 0 Å². The second-order valence-electron chi connectivity index (χ2n) is 4.93. The molecule has 5 nitrogen and oxygen atoms in total. The van der Waals surface area contributed by atoms with Crippen molar-refractivity contribution in [1.82, 2.24) is 4.98 Å². The molecule has 1 amide bonds. The lowest BCUT2D eigenvalue weighted by Crippen LogP contribution is -2.16. The number of pyridine rings is 1. The number of aliphatic hydroxyl groups is 1. The van der Waals surface area contributed by atoms with Gasteiger partial charge < -0.3 is 15.7 Å². The van der Waals surface area contributed by atoms with Crippen molar-refractivity contribution in [2.45, 2.75) is 20.0 Å². The number of anilines is 2. The van der Waals surface area contributed by atoms with Gasteiger partial charge in [-0.15, -0.1) is 0 Å². The van der Waals surface area contributed by atoms with Crippen LogP contribution in [0.25, 0.3) is 0 Å². The number of aliphatic hydroxyl groups excluding tert-OH is 1. The molecule has 0 bridgehead atoms. The Hall–Kier alpha value is -2.40. The maximum Gasteiger partial charge on any atom is 0.255 e. The summed E-state index contributed by atoms with van der Waals surface area (Å²) in [4.78, 5) is 16.3. The molecule has 0 saturated carbocycles. The van der Waals surface area contributed by atoms with E-state index in [4.69, 9.17) is 0 Å². The largest absolute Gasteiger partial charge is 0.392 e. The maximum absolute atomic E-state index is 12.1. The zero-order valence-corrected chi connectivity index (χ0v) is 12.1. The first kappa shape index (κ1) is 15.0. The number of aromatic nitrogens is 1. The van der Waals surface area contributed by atoms with Gasteiger partial charge >= 0.3 is 0 Å². The van der Waals surface area contributed by atoms with E-state index in [1.165, 1.54) is 0 Å². The van der Waals surface area contributed by atoms with E-state index >= 15 is 0 Å². The number of benzene rings is 1. The van der Waals surface area contributed by atoms with E-state index in [2.05, 4.69) is 15.6 Å². The molecule has 21 heavy (non-hydrogen) atoms. The summed E-state index contributed by atoms with van der Waals surface area (Å²) in [6, 6.07) is 11.0. The number of carbonyl (C=O) groups excluding carboxylic acids is 1. The fourth-order valence-electron chi connectivity index (χ4n) is 1.85. The first-order chi connectivity index (χ1) is 10.1. The molecule has 0 aliphatic carbocycles. The number of aryl methyl sites for hydroxylation is 1. The molecule has 0 spiro atoms. The molecule has 1 atom stereocenters. The molecule has 2 aromatic rings. The van der Waals surface area contributed by atoms with E-state index in [0.29, 0.717) is 23.6 Å². The molecule has 0 aliphatic heterocycles. The van der Waals surface area contributed by atoms with Crippen LogP contribution in [0.3, 0.4) is 0 Å². The summed E-state index contributed by atoms with van der Waals surface area (Å²) in [5, 5.41) is 15.0. The summed E-state index contributed by atoms with van der Waals surface area (Å²) < 4.78 is 0. The van der Waals surface area contributed by atoms with E-state index in [0.717, 1.165) is 5.56 Å². The molecule has 1 heterocycles. The summed E-state index contributed by atoms with van der Waals surface area (Å²) in [6.07, 6.45) is 1.15. The molecule has 1 unspecified atom stereocenters. The second-order valence-corrected chi connectivity index (χ2v) is 4.93. The van der Waals surface area contributed by atoms with Crippen LogP contribution in [-0.2, 0) is 0 Å². The molecule has 0 radical (unpaired) electrons. The Kier molecular flexibility index (Phi) is 4.90. The zero-order chi connectivity index (χ0) is 15.2. The molecule has 3 N–H and O–H groups in total. The normalized spacial score (nSPS) is 11.8. The number of rotatable bonds is 5. The van der Waals surface area contributed by atoms with Crippen LogP contribution in [0, 0.1) is 6.92 Å². The van der Waals surface area contributed by atoms with Gasteiger partial charge in [0.05, 0.1) is 18.0 Å². The van der Waals surface area contributed by atoms with E-state index in [1.807, 2.05) is 25.1 Å². The molecule has 1 aromatic carbocycles. The molecule has 110 valence electrons. The minimum Gasteiger partial charge on any atom is -0.392 e. The van der Waals surface area contributed by atoms with Gasteiger partial charge in [0.25, 0.3) is 5.91 Å². The van der Waals surface area contributed by atoms with Crippen molar-refractivity contribution in [3.05, 3.63) is 53.7 Å². The van der Waals surface area contributed by atoms with Crippen LogP contribution in [0.2, 0.25) is 0 Å². The predicted molar refractivity (Wildman–Crippen MR) is 83.5 cm³/mol. The van der Waals surface area contributed by atoms with Crippen molar-refractivity contribution in [3.63, 3.8) is 0 Å². The quantitative estimate of drug-likeness (QED) is 0.789. The van der Waals surface area contributed by atoms with Crippen LogP contribution >= 0.6 is 0 Å². The fraction of sp³-hybridized carbons (Fsp3) is 0.250. The predicted octanol–water partition coefficient (Wildman–Crippen LogP) is 2.44. The smallest absolute Gasteiger partial charge is 0.255 e. The average Bonchev–Trinajstić information content (AvgIpc) is 2.47. The first-order valence-electron chi connectivity index (χ1n) is 6.81. The minimum atomic E-state index is -0.438. The van der Waals surface area contributed by atoms with Crippen molar-refractivity contribution in [2.75, 3.05) is 17.2 Å². The monoisotopic (exact) mass is 285 g/mol. The van der Waals surface area contributed by atoms with Gasteiger partial charge in [-0.25, -0.2) is 4.98 Å². The topological polar surface area (TPSA) is 74.2 Å². The van der Waals surface area contributed by atoms with Gasteiger partial charge in [0.15, 0.2) is 0 Å². The summed E-state index contributed by atoms with van der Waals surface area (Å²) in [5.74, 6) is 0.504. The van der Waals surface area contributed by atoms with E-state index in [1.54, 1.807) is 31.3 Å². The Bertz CT molecular complexity index is 609.